The molecule has 4 nitrogen and oxygen atoms in total. The minimum absolute atomic E-state index is 0. The average molecular weight is 265 g/mol. The van der Waals surface area contributed by atoms with Gasteiger partial charge in [0.05, 0.1) is 18.8 Å². The number of ether oxygens (including phenoxy) is 1. The summed E-state index contributed by atoms with van der Waals surface area (Å²) in [6, 6.07) is 14.1. The molecule has 2 aromatic carbocycles. The maximum Gasteiger partial charge on any atom is 1.00 e. The van der Waals surface area contributed by atoms with Gasteiger partial charge in [-0.05, 0) is 18.2 Å². The Morgan fingerprint density at radius 3 is 2.37 bits per heavy atom. The Morgan fingerprint density at radius 2 is 1.79 bits per heavy atom. The number of benzene rings is 2. The van der Waals surface area contributed by atoms with Gasteiger partial charge in [0.15, 0.2) is 0 Å². The van der Waals surface area contributed by atoms with Crippen molar-refractivity contribution in [2.75, 3.05) is 12.4 Å². The van der Waals surface area contributed by atoms with Crippen LogP contribution in [0.5, 0.6) is 5.75 Å². The van der Waals surface area contributed by atoms with Crippen molar-refractivity contribution in [3.05, 3.63) is 54.1 Å². The van der Waals surface area contributed by atoms with Crippen LogP contribution < -0.4 is 44.7 Å². The molecule has 2 aromatic rings. The number of rotatable bonds is 4. The Hall–Kier alpha value is -1.49. The number of para-hydroxylation sites is 2. The summed E-state index contributed by atoms with van der Waals surface area (Å²) >= 11 is 0. The molecule has 19 heavy (non-hydrogen) atoms. The van der Waals surface area contributed by atoms with Gasteiger partial charge in [-0.2, -0.15) is 0 Å². The Kier molecular flexibility index (Phi) is 5.89. The molecule has 0 aliphatic heterocycles. The number of anilines is 2. The second-order valence-electron chi connectivity index (χ2n) is 3.66. The van der Waals surface area contributed by atoms with Gasteiger partial charge in [-0.25, -0.2) is 0 Å². The van der Waals surface area contributed by atoms with E-state index >= 15 is 0 Å². The molecule has 0 unspecified atom stereocenters. The molecule has 2 rings (SSSR count). The number of nitrogens with one attached hydrogen (secondary N) is 1. The van der Waals surface area contributed by atoms with E-state index in [0.29, 0.717) is 11.4 Å². The normalized spacial score (nSPS) is 9.32. The molecule has 0 saturated carbocycles. The zero-order valence-corrected chi connectivity index (χ0v) is 12.8. The van der Waals surface area contributed by atoms with Crippen molar-refractivity contribution in [3.63, 3.8) is 0 Å². The number of aromatic carboxylic acids is 1. The summed E-state index contributed by atoms with van der Waals surface area (Å²) in [5.74, 6) is -0.784. The molecule has 0 heterocycles. The summed E-state index contributed by atoms with van der Waals surface area (Å²) < 4.78 is 5.15. The van der Waals surface area contributed by atoms with Crippen molar-refractivity contribution < 1.29 is 44.2 Å². The first-order valence-electron chi connectivity index (χ1n) is 5.43. The number of carbonyl (C=O) groups is 1. The summed E-state index contributed by atoms with van der Waals surface area (Å²) in [5, 5.41) is 14.1. The second-order valence-corrected chi connectivity index (χ2v) is 3.66. The first-order chi connectivity index (χ1) is 8.72. The SMILES string of the molecule is COc1cccc(C(=O)[O-])c1Nc1ccccc1.[Na+]. The Bertz CT molecular complexity index is 558. The van der Waals surface area contributed by atoms with Crippen LogP contribution in [0.4, 0.5) is 11.4 Å². The molecule has 0 aliphatic carbocycles. The first kappa shape index (κ1) is 15.6. The fraction of sp³-hybridized carbons (Fsp3) is 0.0714. The van der Waals surface area contributed by atoms with E-state index in [1.165, 1.54) is 13.2 Å². The minimum atomic E-state index is -1.24. The van der Waals surface area contributed by atoms with Crippen LogP contribution in [0.15, 0.2) is 48.5 Å². The zero-order chi connectivity index (χ0) is 13.0. The van der Waals surface area contributed by atoms with Crippen molar-refractivity contribution in [1.82, 2.24) is 0 Å². The van der Waals surface area contributed by atoms with Crippen molar-refractivity contribution >= 4 is 17.3 Å². The van der Waals surface area contributed by atoms with Crippen LogP contribution >= 0.6 is 0 Å². The third-order valence-corrected chi connectivity index (χ3v) is 2.51. The molecule has 0 atom stereocenters. The van der Waals surface area contributed by atoms with Crippen LogP contribution in [0.25, 0.3) is 0 Å². The van der Waals surface area contributed by atoms with Crippen molar-refractivity contribution in [2.24, 2.45) is 0 Å². The topological polar surface area (TPSA) is 61.4 Å². The molecule has 0 spiro atoms. The third kappa shape index (κ3) is 3.73. The minimum Gasteiger partial charge on any atom is -0.545 e. The smallest absolute Gasteiger partial charge is 0.545 e. The molecule has 1 N–H and O–H groups in total. The molecule has 0 saturated heterocycles. The van der Waals surface area contributed by atoms with Gasteiger partial charge in [0, 0.05) is 11.3 Å². The first-order valence-corrected chi connectivity index (χ1v) is 5.43. The van der Waals surface area contributed by atoms with E-state index in [1.54, 1.807) is 12.1 Å². The summed E-state index contributed by atoms with van der Waals surface area (Å²) in [5.41, 5.74) is 1.24. The van der Waals surface area contributed by atoms with Gasteiger partial charge in [0.25, 0.3) is 0 Å². The Balaban J connectivity index is 0.00000180. The molecule has 0 fully saturated rings. The van der Waals surface area contributed by atoms with E-state index in [2.05, 4.69) is 5.32 Å². The summed E-state index contributed by atoms with van der Waals surface area (Å²) in [4.78, 5) is 11.1. The Morgan fingerprint density at radius 1 is 1.11 bits per heavy atom. The zero-order valence-electron chi connectivity index (χ0n) is 10.8. The van der Waals surface area contributed by atoms with E-state index in [1.807, 2.05) is 30.3 Å². The van der Waals surface area contributed by atoms with Gasteiger partial charge < -0.3 is 20.0 Å². The van der Waals surface area contributed by atoms with E-state index in [9.17, 15) is 9.90 Å². The van der Waals surface area contributed by atoms with Gasteiger partial charge in [0.1, 0.15) is 5.75 Å². The molecule has 5 heteroatoms. The number of hydrogen-bond donors (Lipinski definition) is 1. The second kappa shape index (κ2) is 7.19. The largest absolute Gasteiger partial charge is 1.00 e. The third-order valence-electron chi connectivity index (χ3n) is 2.51. The maximum atomic E-state index is 11.1. The van der Waals surface area contributed by atoms with Crippen LogP contribution in [-0.4, -0.2) is 13.1 Å². The maximum absolute atomic E-state index is 11.1. The van der Waals surface area contributed by atoms with Gasteiger partial charge in [-0.3, -0.25) is 0 Å². The van der Waals surface area contributed by atoms with Crippen LogP contribution in [0.2, 0.25) is 0 Å². The number of carboxylic acid groups (broad SMARTS) is 1. The molecule has 0 amide bonds. The monoisotopic (exact) mass is 265 g/mol. The molecule has 0 aliphatic rings. The quantitative estimate of drug-likeness (QED) is 0.706. The standard InChI is InChI=1S/C14H13NO3.Na/c1-18-12-9-5-8-11(14(16)17)13(12)15-10-6-3-2-4-7-10;/h2-9,15H,1H3,(H,16,17);/q;+1/p-1. The van der Waals surface area contributed by atoms with E-state index in [-0.39, 0.29) is 35.1 Å². The summed E-state index contributed by atoms with van der Waals surface area (Å²) in [6.45, 7) is 0. The van der Waals surface area contributed by atoms with E-state index in [4.69, 9.17) is 4.74 Å². The number of carboxylic acids is 1. The van der Waals surface area contributed by atoms with Gasteiger partial charge in [-0.1, -0.05) is 30.3 Å². The molecule has 0 radical (unpaired) electrons. The molecule has 0 bridgehead atoms. The Labute approximate surface area is 133 Å². The van der Waals surface area contributed by atoms with Crippen molar-refractivity contribution in [2.45, 2.75) is 0 Å². The molecular formula is C14H12NNaO3. The number of methoxy groups -OCH3 is 1. The number of carbonyl (C=O) groups excluding carboxylic acids is 1. The van der Waals surface area contributed by atoms with E-state index in [0.717, 1.165) is 5.69 Å². The molecule has 92 valence electrons. The number of hydrogen-bond acceptors (Lipinski definition) is 4. The van der Waals surface area contributed by atoms with Crippen LogP contribution in [0, 0.1) is 0 Å². The fourth-order valence-corrected chi connectivity index (χ4v) is 1.67. The summed E-state index contributed by atoms with van der Waals surface area (Å²) in [6.07, 6.45) is 0. The van der Waals surface area contributed by atoms with Crippen molar-refractivity contribution in [1.29, 1.82) is 0 Å². The molecular weight excluding hydrogens is 253 g/mol. The fourth-order valence-electron chi connectivity index (χ4n) is 1.67. The van der Waals surface area contributed by atoms with Crippen molar-refractivity contribution in [3.8, 4) is 5.75 Å². The van der Waals surface area contributed by atoms with E-state index < -0.39 is 5.97 Å². The summed E-state index contributed by atoms with van der Waals surface area (Å²) in [7, 11) is 1.49. The van der Waals surface area contributed by atoms with Gasteiger partial charge in [0.2, 0.25) is 0 Å². The average Bonchev–Trinajstić information content (AvgIpc) is 2.40. The van der Waals surface area contributed by atoms with Crippen LogP contribution in [-0.2, 0) is 0 Å². The van der Waals surface area contributed by atoms with Crippen LogP contribution in [0.3, 0.4) is 0 Å². The molecule has 0 aromatic heterocycles. The predicted octanol–water partition coefficient (Wildman–Crippen LogP) is -1.19. The van der Waals surface area contributed by atoms with Gasteiger partial charge in [-0.15, -0.1) is 0 Å². The van der Waals surface area contributed by atoms with Gasteiger partial charge >= 0.3 is 29.6 Å². The van der Waals surface area contributed by atoms with Crippen LogP contribution in [0.1, 0.15) is 10.4 Å². The predicted molar refractivity (Wildman–Crippen MR) is 67.0 cm³/mol.